The van der Waals surface area contributed by atoms with Crippen LogP contribution >= 0.6 is 0 Å². The highest BCUT2D eigenvalue weighted by Crippen LogP contribution is 2.46. The Kier molecular flexibility index (Phi) is 5.59. The zero-order valence-corrected chi connectivity index (χ0v) is 18.7. The number of pyridine rings is 1. The zero-order valence-electron chi connectivity index (χ0n) is 18.7. The van der Waals surface area contributed by atoms with Crippen molar-refractivity contribution in [2.75, 3.05) is 49.5 Å². The van der Waals surface area contributed by atoms with Crippen molar-refractivity contribution in [2.24, 2.45) is 5.41 Å². The number of rotatable bonds is 5. The van der Waals surface area contributed by atoms with Crippen molar-refractivity contribution >= 4 is 23.8 Å². The molecule has 5 rings (SSSR count). The number of aromatic nitrogens is 1. The van der Waals surface area contributed by atoms with E-state index in [1.54, 1.807) is 0 Å². The molecule has 0 radical (unpaired) electrons. The lowest BCUT2D eigenvalue weighted by atomic mass is 9.78. The molecule has 7 nitrogen and oxygen atoms in total. The summed E-state index contributed by atoms with van der Waals surface area (Å²) in [5.41, 5.74) is 3.42. The van der Waals surface area contributed by atoms with Crippen molar-refractivity contribution in [3.63, 3.8) is 0 Å². The van der Waals surface area contributed by atoms with Gasteiger partial charge in [-0.1, -0.05) is 12.1 Å². The van der Waals surface area contributed by atoms with Crippen molar-refractivity contribution in [1.29, 1.82) is 0 Å². The lowest BCUT2D eigenvalue weighted by molar-refractivity contribution is -0.129. The summed E-state index contributed by atoms with van der Waals surface area (Å²) in [7, 11) is 0. The molecular weight excluding hydrogens is 402 g/mol. The minimum absolute atomic E-state index is 0.0655. The summed E-state index contributed by atoms with van der Waals surface area (Å²) in [6.45, 7) is 7.46. The fourth-order valence-electron chi connectivity index (χ4n) is 5.78. The SMILES string of the molecule is CC(=O)Nc1ccc(-c2cccnc2N2CCN(C3CCC4(C3)CN(C=O)C4)CC2)cc1. The van der Waals surface area contributed by atoms with Crippen LogP contribution in [0.15, 0.2) is 42.6 Å². The molecule has 1 atom stereocenters. The fraction of sp³-hybridized carbons (Fsp3) is 0.480. The predicted octanol–water partition coefficient (Wildman–Crippen LogP) is 2.84. The lowest BCUT2D eigenvalue weighted by Gasteiger charge is -2.47. The lowest BCUT2D eigenvalue weighted by Crippen LogP contribution is -2.55. The van der Waals surface area contributed by atoms with Crippen LogP contribution in [0.4, 0.5) is 11.5 Å². The topological polar surface area (TPSA) is 68.8 Å². The Hall–Kier alpha value is -2.93. The number of nitrogens with zero attached hydrogens (tertiary/aromatic N) is 4. The number of carbonyl (C=O) groups excluding carboxylic acids is 2. The summed E-state index contributed by atoms with van der Waals surface area (Å²) in [6, 6.07) is 12.7. The molecule has 0 bridgehead atoms. The smallest absolute Gasteiger partial charge is 0.221 e. The van der Waals surface area contributed by atoms with Gasteiger partial charge in [0.2, 0.25) is 12.3 Å². The van der Waals surface area contributed by atoms with E-state index >= 15 is 0 Å². The summed E-state index contributed by atoms with van der Waals surface area (Å²) in [5, 5.41) is 2.82. The van der Waals surface area contributed by atoms with Gasteiger partial charge in [-0.2, -0.15) is 0 Å². The van der Waals surface area contributed by atoms with Crippen LogP contribution in [0.5, 0.6) is 0 Å². The highest BCUT2D eigenvalue weighted by molar-refractivity contribution is 5.89. The van der Waals surface area contributed by atoms with E-state index in [0.29, 0.717) is 11.5 Å². The van der Waals surface area contributed by atoms with Crippen molar-refractivity contribution in [3.8, 4) is 11.1 Å². The van der Waals surface area contributed by atoms with E-state index in [2.05, 4.69) is 21.2 Å². The molecule has 1 saturated carbocycles. The Morgan fingerprint density at radius 2 is 1.88 bits per heavy atom. The molecule has 1 spiro atoms. The van der Waals surface area contributed by atoms with Crippen LogP contribution < -0.4 is 10.2 Å². The molecule has 32 heavy (non-hydrogen) atoms. The zero-order chi connectivity index (χ0) is 22.1. The maximum atomic E-state index is 11.3. The average molecular weight is 434 g/mol. The second-order valence-corrected chi connectivity index (χ2v) is 9.56. The summed E-state index contributed by atoms with van der Waals surface area (Å²) < 4.78 is 0. The molecule has 1 N–H and O–H groups in total. The first-order chi connectivity index (χ1) is 15.5. The van der Waals surface area contributed by atoms with E-state index in [1.165, 1.54) is 26.2 Å². The molecule has 1 unspecified atom stereocenters. The first-order valence-electron chi connectivity index (χ1n) is 11.6. The van der Waals surface area contributed by atoms with Gasteiger partial charge in [0.25, 0.3) is 0 Å². The molecule has 7 heteroatoms. The van der Waals surface area contributed by atoms with Gasteiger partial charge in [0.1, 0.15) is 5.82 Å². The Balaban J connectivity index is 1.23. The summed E-state index contributed by atoms with van der Waals surface area (Å²) in [6.07, 6.45) is 6.60. The third-order valence-electron chi connectivity index (χ3n) is 7.34. The van der Waals surface area contributed by atoms with Crippen LogP contribution in [0, 0.1) is 5.41 Å². The Morgan fingerprint density at radius 1 is 1.12 bits per heavy atom. The number of anilines is 2. The van der Waals surface area contributed by atoms with Gasteiger partial charge in [0, 0.05) is 75.1 Å². The standard InChI is InChI=1S/C25H31N5O2/c1-19(32)27-21-6-4-20(5-7-21)23-3-2-10-26-24(23)30-13-11-29(12-14-30)22-8-9-25(15-22)16-28(17-25)18-31/h2-7,10,18,22H,8-9,11-17H2,1H3,(H,27,32). The molecule has 2 aliphatic heterocycles. The minimum atomic E-state index is -0.0655. The first kappa shape index (κ1) is 20.9. The van der Waals surface area contributed by atoms with E-state index in [1.807, 2.05) is 41.4 Å². The molecule has 2 aromatic rings. The molecule has 1 aromatic heterocycles. The number of likely N-dealkylation sites (tertiary alicyclic amines) is 1. The number of carbonyl (C=O) groups is 2. The highest BCUT2D eigenvalue weighted by Gasteiger charge is 2.49. The molecule has 168 valence electrons. The average Bonchev–Trinajstić information content (AvgIpc) is 3.24. The minimum Gasteiger partial charge on any atom is -0.354 e. The van der Waals surface area contributed by atoms with Crippen LogP contribution in [0.3, 0.4) is 0 Å². The van der Waals surface area contributed by atoms with Crippen LogP contribution in [0.25, 0.3) is 11.1 Å². The molecule has 2 amide bonds. The van der Waals surface area contributed by atoms with Crippen LogP contribution in [0.2, 0.25) is 0 Å². The number of hydrogen-bond acceptors (Lipinski definition) is 5. The molecule has 3 heterocycles. The van der Waals surface area contributed by atoms with Gasteiger partial charge < -0.3 is 15.1 Å². The van der Waals surface area contributed by atoms with Gasteiger partial charge in [0.15, 0.2) is 0 Å². The predicted molar refractivity (Wildman–Crippen MR) is 125 cm³/mol. The third-order valence-corrected chi connectivity index (χ3v) is 7.34. The Bertz CT molecular complexity index is 978. The van der Waals surface area contributed by atoms with E-state index in [-0.39, 0.29) is 5.91 Å². The number of benzene rings is 1. The van der Waals surface area contributed by atoms with Crippen LogP contribution in [0.1, 0.15) is 26.2 Å². The summed E-state index contributed by atoms with van der Waals surface area (Å²) >= 11 is 0. The van der Waals surface area contributed by atoms with E-state index in [0.717, 1.165) is 68.3 Å². The molecule has 2 saturated heterocycles. The number of nitrogens with one attached hydrogen (secondary N) is 1. The van der Waals surface area contributed by atoms with Gasteiger partial charge >= 0.3 is 0 Å². The summed E-state index contributed by atoms with van der Waals surface area (Å²) in [5.74, 6) is 0.965. The van der Waals surface area contributed by atoms with Gasteiger partial charge in [0.05, 0.1) is 0 Å². The molecule has 3 fully saturated rings. The van der Waals surface area contributed by atoms with E-state index in [9.17, 15) is 9.59 Å². The molecule has 3 aliphatic rings. The van der Waals surface area contributed by atoms with Gasteiger partial charge in [-0.3, -0.25) is 14.5 Å². The van der Waals surface area contributed by atoms with E-state index in [4.69, 9.17) is 4.98 Å². The Labute approximate surface area is 189 Å². The largest absolute Gasteiger partial charge is 0.354 e. The maximum absolute atomic E-state index is 11.3. The van der Waals surface area contributed by atoms with E-state index < -0.39 is 0 Å². The van der Waals surface area contributed by atoms with Crippen molar-refractivity contribution in [2.45, 2.75) is 32.2 Å². The third kappa shape index (κ3) is 4.09. The number of amides is 2. The monoisotopic (exact) mass is 433 g/mol. The normalized spacial score (nSPS) is 22.6. The van der Waals surface area contributed by atoms with Crippen LogP contribution in [-0.4, -0.2) is 72.4 Å². The van der Waals surface area contributed by atoms with Crippen molar-refractivity contribution in [1.82, 2.24) is 14.8 Å². The van der Waals surface area contributed by atoms with Gasteiger partial charge in [-0.05, 0) is 49.1 Å². The second-order valence-electron chi connectivity index (χ2n) is 9.56. The van der Waals surface area contributed by atoms with Crippen LogP contribution in [-0.2, 0) is 9.59 Å². The second kappa shape index (κ2) is 8.54. The van der Waals surface area contributed by atoms with Gasteiger partial charge in [-0.25, -0.2) is 4.98 Å². The Morgan fingerprint density at radius 3 is 2.56 bits per heavy atom. The summed E-state index contributed by atoms with van der Waals surface area (Å²) in [4.78, 5) is 33.9. The van der Waals surface area contributed by atoms with Crippen molar-refractivity contribution < 1.29 is 9.59 Å². The molecule has 1 aromatic carbocycles. The first-order valence-corrected chi connectivity index (χ1v) is 11.6. The quantitative estimate of drug-likeness (QED) is 0.735. The fourth-order valence-corrected chi connectivity index (χ4v) is 5.78. The van der Waals surface area contributed by atoms with Crippen molar-refractivity contribution in [3.05, 3.63) is 42.6 Å². The maximum Gasteiger partial charge on any atom is 0.221 e. The highest BCUT2D eigenvalue weighted by atomic mass is 16.1. The number of piperazine rings is 1. The molecular formula is C25H31N5O2. The molecule has 1 aliphatic carbocycles. The van der Waals surface area contributed by atoms with Gasteiger partial charge in [-0.15, -0.1) is 0 Å². The number of hydrogen-bond donors (Lipinski definition) is 1.